The van der Waals surface area contributed by atoms with E-state index in [9.17, 15) is 4.79 Å². The minimum atomic E-state index is -0.251. The molecular weight excluding hydrogens is 264 g/mol. The SMILES string of the molecule is N#Cc1ccc(C2=NNC(=O)N(c3ccccc3)C2)cc1. The highest BCUT2D eigenvalue weighted by molar-refractivity contribution is 6.10. The molecule has 0 saturated heterocycles. The number of hydrogen-bond donors (Lipinski definition) is 1. The van der Waals surface area contributed by atoms with Crippen LogP contribution < -0.4 is 10.3 Å². The monoisotopic (exact) mass is 276 g/mol. The smallest absolute Gasteiger partial charge is 0.287 e. The molecule has 2 amide bonds. The van der Waals surface area contributed by atoms with Crippen LogP contribution in [0.4, 0.5) is 10.5 Å². The topological polar surface area (TPSA) is 68.5 Å². The number of benzene rings is 2. The minimum absolute atomic E-state index is 0.251. The zero-order chi connectivity index (χ0) is 14.7. The van der Waals surface area contributed by atoms with Gasteiger partial charge >= 0.3 is 6.03 Å². The van der Waals surface area contributed by atoms with Gasteiger partial charge < -0.3 is 0 Å². The maximum absolute atomic E-state index is 11.9. The Bertz CT molecular complexity index is 729. The molecule has 0 atom stereocenters. The van der Waals surface area contributed by atoms with Crippen LogP contribution in [0.15, 0.2) is 59.7 Å². The third-order valence-electron chi connectivity index (χ3n) is 3.25. The van der Waals surface area contributed by atoms with Crippen LogP contribution in [0.25, 0.3) is 0 Å². The summed E-state index contributed by atoms with van der Waals surface area (Å²) in [4.78, 5) is 13.6. The summed E-state index contributed by atoms with van der Waals surface area (Å²) < 4.78 is 0. The van der Waals surface area contributed by atoms with Crippen molar-refractivity contribution in [3.05, 3.63) is 65.7 Å². The Labute approximate surface area is 122 Å². The second-order valence-corrected chi connectivity index (χ2v) is 4.59. The van der Waals surface area contributed by atoms with Gasteiger partial charge in [-0.05, 0) is 29.8 Å². The Kier molecular flexibility index (Phi) is 3.36. The lowest BCUT2D eigenvalue weighted by Crippen LogP contribution is -2.46. The van der Waals surface area contributed by atoms with Crippen LogP contribution >= 0.6 is 0 Å². The van der Waals surface area contributed by atoms with Gasteiger partial charge in [-0.25, -0.2) is 10.2 Å². The fraction of sp³-hybridized carbons (Fsp3) is 0.0625. The van der Waals surface area contributed by atoms with E-state index < -0.39 is 0 Å². The number of carbonyl (C=O) groups excluding carboxylic acids is 1. The van der Waals surface area contributed by atoms with Crippen molar-refractivity contribution in [1.29, 1.82) is 5.26 Å². The van der Waals surface area contributed by atoms with Crippen LogP contribution in [-0.4, -0.2) is 18.3 Å². The number of hydrazone groups is 1. The van der Waals surface area contributed by atoms with Crippen LogP contribution in [-0.2, 0) is 0 Å². The number of nitrogens with one attached hydrogen (secondary N) is 1. The Hall–Kier alpha value is -3.13. The van der Waals surface area contributed by atoms with Crippen LogP contribution in [0.1, 0.15) is 11.1 Å². The van der Waals surface area contributed by atoms with E-state index in [0.717, 1.165) is 17.0 Å². The molecule has 1 heterocycles. The molecule has 1 N–H and O–H groups in total. The molecule has 5 nitrogen and oxygen atoms in total. The summed E-state index contributed by atoms with van der Waals surface area (Å²) in [6, 6.07) is 18.4. The molecule has 0 spiro atoms. The molecule has 1 aliphatic rings. The van der Waals surface area contributed by atoms with Crippen molar-refractivity contribution in [2.75, 3.05) is 11.4 Å². The summed E-state index contributed by atoms with van der Waals surface area (Å²) in [5.41, 5.74) is 5.57. The largest absolute Gasteiger partial charge is 0.342 e. The molecule has 2 aromatic carbocycles. The van der Waals surface area contributed by atoms with Gasteiger partial charge in [0, 0.05) is 5.69 Å². The molecule has 5 heteroatoms. The summed E-state index contributed by atoms with van der Waals surface area (Å²) in [5, 5.41) is 12.9. The molecule has 0 aromatic heterocycles. The number of anilines is 1. The highest BCUT2D eigenvalue weighted by Gasteiger charge is 2.22. The first-order chi connectivity index (χ1) is 10.3. The highest BCUT2D eigenvalue weighted by Crippen LogP contribution is 2.17. The lowest BCUT2D eigenvalue weighted by Gasteiger charge is -2.26. The number of urea groups is 1. The van der Waals surface area contributed by atoms with Crippen molar-refractivity contribution in [2.24, 2.45) is 5.10 Å². The first-order valence-corrected chi connectivity index (χ1v) is 6.47. The van der Waals surface area contributed by atoms with E-state index >= 15 is 0 Å². The number of carbonyl (C=O) groups is 1. The Morgan fingerprint density at radius 1 is 1.10 bits per heavy atom. The van der Waals surface area contributed by atoms with Crippen molar-refractivity contribution < 1.29 is 4.79 Å². The van der Waals surface area contributed by atoms with E-state index in [1.54, 1.807) is 17.0 Å². The van der Waals surface area contributed by atoms with Crippen molar-refractivity contribution in [3.8, 4) is 6.07 Å². The van der Waals surface area contributed by atoms with E-state index in [4.69, 9.17) is 5.26 Å². The van der Waals surface area contributed by atoms with Crippen LogP contribution in [0.2, 0.25) is 0 Å². The van der Waals surface area contributed by atoms with Crippen LogP contribution in [0.5, 0.6) is 0 Å². The van der Waals surface area contributed by atoms with Gasteiger partial charge in [-0.3, -0.25) is 4.90 Å². The van der Waals surface area contributed by atoms with Crippen molar-refractivity contribution >= 4 is 17.4 Å². The predicted molar refractivity (Wildman–Crippen MR) is 80.0 cm³/mol. The number of amides is 2. The quantitative estimate of drug-likeness (QED) is 0.915. The Balaban J connectivity index is 1.88. The van der Waals surface area contributed by atoms with E-state index in [1.807, 2.05) is 42.5 Å². The van der Waals surface area contributed by atoms with Gasteiger partial charge in [0.2, 0.25) is 0 Å². The van der Waals surface area contributed by atoms with Crippen molar-refractivity contribution in [2.45, 2.75) is 0 Å². The van der Waals surface area contributed by atoms with Gasteiger partial charge in [-0.15, -0.1) is 0 Å². The van der Waals surface area contributed by atoms with Gasteiger partial charge in [-0.2, -0.15) is 10.4 Å². The molecule has 0 radical (unpaired) electrons. The maximum atomic E-state index is 11.9. The lowest BCUT2D eigenvalue weighted by molar-refractivity contribution is 0.246. The average molecular weight is 276 g/mol. The third-order valence-corrected chi connectivity index (χ3v) is 3.25. The summed E-state index contributed by atoms with van der Waals surface area (Å²) >= 11 is 0. The van der Waals surface area contributed by atoms with Gasteiger partial charge in [-0.1, -0.05) is 30.3 Å². The molecule has 0 aliphatic carbocycles. The predicted octanol–water partition coefficient (Wildman–Crippen LogP) is 2.49. The number of nitriles is 1. The first-order valence-electron chi connectivity index (χ1n) is 6.47. The second-order valence-electron chi connectivity index (χ2n) is 4.59. The lowest BCUT2D eigenvalue weighted by atomic mass is 10.1. The Morgan fingerprint density at radius 3 is 2.48 bits per heavy atom. The highest BCUT2D eigenvalue weighted by atomic mass is 16.2. The number of hydrogen-bond acceptors (Lipinski definition) is 3. The van der Waals surface area contributed by atoms with Crippen molar-refractivity contribution in [1.82, 2.24) is 5.43 Å². The van der Waals surface area contributed by atoms with Gasteiger partial charge in [0.1, 0.15) is 0 Å². The second kappa shape index (κ2) is 5.47. The number of rotatable bonds is 2. The fourth-order valence-electron chi connectivity index (χ4n) is 2.14. The molecular formula is C16H12N4O. The van der Waals surface area contributed by atoms with E-state index in [1.165, 1.54) is 0 Å². The molecule has 0 unspecified atom stereocenters. The molecule has 21 heavy (non-hydrogen) atoms. The zero-order valence-corrected chi connectivity index (χ0v) is 11.2. The standard InChI is InChI=1S/C16H12N4O/c17-10-12-6-8-13(9-7-12)15-11-20(16(21)19-18-15)14-4-2-1-3-5-14/h1-9H,11H2,(H,19,21). The van der Waals surface area contributed by atoms with Crippen LogP contribution in [0, 0.1) is 11.3 Å². The molecule has 0 saturated carbocycles. The average Bonchev–Trinajstić information content (AvgIpc) is 2.56. The molecule has 2 aromatic rings. The zero-order valence-electron chi connectivity index (χ0n) is 11.2. The van der Waals surface area contributed by atoms with Crippen molar-refractivity contribution in [3.63, 3.8) is 0 Å². The molecule has 3 rings (SSSR count). The van der Waals surface area contributed by atoms with E-state index in [2.05, 4.69) is 16.6 Å². The maximum Gasteiger partial charge on any atom is 0.342 e. The van der Waals surface area contributed by atoms with E-state index in [0.29, 0.717) is 12.1 Å². The summed E-state index contributed by atoms with van der Waals surface area (Å²) in [6.45, 7) is 0.391. The van der Waals surface area contributed by atoms with Crippen LogP contribution in [0.3, 0.4) is 0 Å². The van der Waals surface area contributed by atoms with Gasteiger partial charge in [0.15, 0.2) is 0 Å². The number of para-hydroxylation sites is 1. The molecule has 102 valence electrons. The van der Waals surface area contributed by atoms with Gasteiger partial charge in [0.25, 0.3) is 0 Å². The number of nitrogens with zero attached hydrogens (tertiary/aromatic N) is 3. The van der Waals surface area contributed by atoms with Gasteiger partial charge in [0.05, 0.1) is 23.9 Å². The molecule has 1 aliphatic heterocycles. The summed E-state index contributed by atoms with van der Waals surface area (Å²) in [7, 11) is 0. The third kappa shape index (κ3) is 2.60. The van der Waals surface area contributed by atoms with E-state index in [-0.39, 0.29) is 6.03 Å². The molecule has 0 bridgehead atoms. The summed E-state index contributed by atoms with van der Waals surface area (Å²) in [5.74, 6) is 0. The molecule has 0 fully saturated rings. The fourth-order valence-corrected chi connectivity index (χ4v) is 2.14. The summed E-state index contributed by atoms with van der Waals surface area (Å²) in [6.07, 6.45) is 0. The first kappa shape index (κ1) is 12.9. The normalized spacial score (nSPS) is 14.1. The minimum Gasteiger partial charge on any atom is -0.287 e. The Morgan fingerprint density at radius 2 is 1.81 bits per heavy atom.